The Morgan fingerprint density at radius 2 is 2.03 bits per heavy atom. The van der Waals surface area contributed by atoms with Gasteiger partial charge in [0.05, 0.1) is 13.5 Å². The zero-order chi connectivity index (χ0) is 21.6. The third-order valence-corrected chi connectivity index (χ3v) is 6.03. The highest BCUT2D eigenvalue weighted by Gasteiger charge is 2.22. The average molecular weight is 437 g/mol. The number of hydrogen-bond donors (Lipinski definition) is 1. The zero-order valence-corrected chi connectivity index (χ0v) is 18.1. The van der Waals surface area contributed by atoms with E-state index in [1.54, 1.807) is 23.3 Å². The van der Waals surface area contributed by atoms with Crippen molar-refractivity contribution in [3.8, 4) is 11.5 Å². The third kappa shape index (κ3) is 5.44. The Morgan fingerprint density at radius 3 is 2.77 bits per heavy atom. The maximum atomic E-state index is 12.6. The first-order valence-corrected chi connectivity index (χ1v) is 11.0. The topological polar surface area (TPSA) is 67.9 Å². The molecule has 160 valence electrons. The molecule has 1 N–H and O–H groups in total. The minimum absolute atomic E-state index is 0.0136. The fourth-order valence-corrected chi connectivity index (χ4v) is 4.19. The van der Waals surface area contributed by atoms with E-state index >= 15 is 0 Å². The molecule has 1 aliphatic heterocycles. The van der Waals surface area contributed by atoms with Gasteiger partial charge in [-0.25, -0.2) is 0 Å². The highest BCUT2D eigenvalue weighted by Crippen LogP contribution is 2.27. The van der Waals surface area contributed by atoms with E-state index in [0.29, 0.717) is 30.9 Å². The van der Waals surface area contributed by atoms with Gasteiger partial charge in [0.15, 0.2) is 6.61 Å². The summed E-state index contributed by atoms with van der Waals surface area (Å²) in [5.41, 5.74) is 2.72. The fourth-order valence-electron chi connectivity index (χ4n) is 3.48. The second-order valence-corrected chi connectivity index (χ2v) is 8.36. The number of nitrogens with zero attached hydrogens (tertiary/aromatic N) is 1. The average Bonchev–Trinajstić information content (AvgIpc) is 3.23. The summed E-state index contributed by atoms with van der Waals surface area (Å²) in [5.74, 6) is 1.37. The predicted octanol–water partition coefficient (Wildman–Crippen LogP) is 3.90. The van der Waals surface area contributed by atoms with Crippen molar-refractivity contribution in [2.75, 3.05) is 25.6 Å². The molecule has 31 heavy (non-hydrogen) atoms. The van der Waals surface area contributed by atoms with E-state index in [0.717, 1.165) is 28.2 Å². The number of ether oxygens (including phenoxy) is 2. The molecule has 2 heterocycles. The number of methoxy groups -OCH3 is 1. The molecule has 0 aliphatic carbocycles. The van der Waals surface area contributed by atoms with E-state index in [1.807, 2.05) is 60.0 Å². The van der Waals surface area contributed by atoms with Gasteiger partial charge in [0, 0.05) is 29.2 Å². The SMILES string of the molecule is COc1ccc(CCN2Cc3cc(NC(=O)Cc4cccs4)ccc3OCC2=O)cc1. The second kappa shape index (κ2) is 9.66. The van der Waals surface area contributed by atoms with Crippen molar-refractivity contribution in [3.63, 3.8) is 0 Å². The van der Waals surface area contributed by atoms with Gasteiger partial charge < -0.3 is 19.7 Å². The Balaban J connectivity index is 1.41. The van der Waals surface area contributed by atoms with Gasteiger partial charge in [-0.15, -0.1) is 11.3 Å². The number of anilines is 1. The van der Waals surface area contributed by atoms with Crippen molar-refractivity contribution in [1.29, 1.82) is 0 Å². The molecule has 0 saturated carbocycles. The third-order valence-electron chi connectivity index (χ3n) is 5.15. The maximum absolute atomic E-state index is 12.6. The van der Waals surface area contributed by atoms with Gasteiger partial charge in [0.25, 0.3) is 5.91 Å². The molecule has 3 aromatic rings. The Kier molecular flexibility index (Phi) is 6.52. The van der Waals surface area contributed by atoms with Crippen molar-refractivity contribution in [3.05, 3.63) is 76.0 Å². The van der Waals surface area contributed by atoms with E-state index in [2.05, 4.69) is 5.32 Å². The van der Waals surface area contributed by atoms with Crippen LogP contribution in [0.5, 0.6) is 11.5 Å². The van der Waals surface area contributed by atoms with Crippen LogP contribution in [0, 0.1) is 0 Å². The number of thiophene rings is 1. The summed E-state index contributed by atoms with van der Waals surface area (Å²) >= 11 is 1.56. The first kappa shape index (κ1) is 20.9. The molecule has 7 heteroatoms. The lowest BCUT2D eigenvalue weighted by molar-refractivity contribution is -0.133. The first-order chi connectivity index (χ1) is 15.1. The number of hydrogen-bond acceptors (Lipinski definition) is 5. The van der Waals surface area contributed by atoms with E-state index in [4.69, 9.17) is 9.47 Å². The Hall–Kier alpha value is -3.32. The standard InChI is InChI=1S/C24H24N2O4S/c1-29-20-7-4-17(5-8-20)10-11-26-15-18-13-19(6-9-22(18)30-16-24(26)28)25-23(27)14-21-3-2-12-31-21/h2-9,12-13H,10-11,14-16H2,1H3,(H,25,27). The van der Waals surface area contributed by atoms with Crippen molar-refractivity contribution >= 4 is 28.8 Å². The van der Waals surface area contributed by atoms with Gasteiger partial charge in [-0.1, -0.05) is 18.2 Å². The number of nitrogens with one attached hydrogen (secondary N) is 1. The molecule has 4 rings (SSSR count). The van der Waals surface area contributed by atoms with Crippen molar-refractivity contribution < 1.29 is 19.1 Å². The molecule has 6 nitrogen and oxygen atoms in total. The Bertz CT molecular complexity index is 1050. The van der Waals surface area contributed by atoms with E-state index in [9.17, 15) is 9.59 Å². The van der Waals surface area contributed by atoms with Crippen molar-refractivity contribution in [2.45, 2.75) is 19.4 Å². The number of fused-ring (bicyclic) bond motifs is 1. The van der Waals surface area contributed by atoms with Crippen molar-refractivity contribution in [1.82, 2.24) is 4.90 Å². The van der Waals surface area contributed by atoms with Crippen molar-refractivity contribution in [2.24, 2.45) is 0 Å². The molecule has 0 saturated heterocycles. The monoisotopic (exact) mass is 436 g/mol. The van der Waals surface area contributed by atoms with Crippen LogP contribution in [0.25, 0.3) is 0 Å². The van der Waals surface area contributed by atoms with E-state index in [1.165, 1.54) is 0 Å². The minimum atomic E-state index is -0.0654. The second-order valence-electron chi connectivity index (χ2n) is 7.33. The minimum Gasteiger partial charge on any atom is -0.497 e. The summed E-state index contributed by atoms with van der Waals surface area (Å²) in [6.07, 6.45) is 1.08. The van der Waals surface area contributed by atoms with Crippen LogP contribution in [0.3, 0.4) is 0 Å². The summed E-state index contributed by atoms with van der Waals surface area (Å²) in [4.78, 5) is 27.7. The number of benzene rings is 2. The highest BCUT2D eigenvalue weighted by atomic mass is 32.1. The Morgan fingerprint density at radius 1 is 1.19 bits per heavy atom. The van der Waals surface area contributed by atoms with Crippen LogP contribution in [0.1, 0.15) is 16.0 Å². The smallest absolute Gasteiger partial charge is 0.260 e. The molecule has 0 fully saturated rings. The fraction of sp³-hybridized carbons (Fsp3) is 0.250. The summed E-state index contributed by atoms with van der Waals surface area (Å²) in [5, 5.41) is 4.90. The lowest BCUT2D eigenvalue weighted by Gasteiger charge is -2.20. The lowest BCUT2D eigenvalue weighted by Crippen LogP contribution is -2.34. The highest BCUT2D eigenvalue weighted by molar-refractivity contribution is 7.10. The first-order valence-electron chi connectivity index (χ1n) is 10.1. The zero-order valence-electron chi connectivity index (χ0n) is 17.3. The molecule has 2 aromatic carbocycles. The molecule has 0 spiro atoms. The molecular formula is C24H24N2O4S. The van der Waals surface area contributed by atoms with Crippen LogP contribution in [0.4, 0.5) is 5.69 Å². The van der Waals surface area contributed by atoms with Crippen LogP contribution in [0.2, 0.25) is 0 Å². The summed E-state index contributed by atoms with van der Waals surface area (Å²) in [7, 11) is 1.64. The van der Waals surface area contributed by atoms with Gasteiger partial charge in [0.2, 0.25) is 5.91 Å². The molecule has 1 aromatic heterocycles. The molecule has 0 bridgehead atoms. The summed E-state index contributed by atoms with van der Waals surface area (Å²) in [6.45, 7) is 1.04. The van der Waals surface area contributed by atoms with E-state index in [-0.39, 0.29) is 18.4 Å². The molecule has 0 atom stereocenters. The van der Waals surface area contributed by atoms with Crippen LogP contribution in [-0.4, -0.2) is 37.0 Å². The van der Waals surface area contributed by atoms with Crippen LogP contribution in [0.15, 0.2) is 60.0 Å². The molecule has 2 amide bonds. The molecule has 0 unspecified atom stereocenters. The molecule has 1 aliphatic rings. The normalized spacial score (nSPS) is 13.2. The van der Waals surface area contributed by atoms with Gasteiger partial charge in [0.1, 0.15) is 11.5 Å². The number of rotatable bonds is 7. The molecular weight excluding hydrogens is 412 g/mol. The van der Waals surface area contributed by atoms with Gasteiger partial charge in [-0.05, 0) is 53.8 Å². The quantitative estimate of drug-likeness (QED) is 0.610. The molecule has 0 radical (unpaired) electrons. The maximum Gasteiger partial charge on any atom is 0.260 e. The van der Waals surface area contributed by atoms with Crippen LogP contribution in [-0.2, 0) is 29.0 Å². The lowest BCUT2D eigenvalue weighted by atomic mass is 10.1. The number of amides is 2. The summed E-state index contributed by atoms with van der Waals surface area (Å²) in [6, 6.07) is 17.2. The van der Waals surface area contributed by atoms with Crippen LogP contribution < -0.4 is 14.8 Å². The Labute approximate surface area is 185 Å². The van der Waals surface area contributed by atoms with Crippen LogP contribution >= 0.6 is 11.3 Å². The summed E-state index contributed by atoms with van der Waals surface area (Å²) < 4.78 is 10.9. The predicted molar refractivity (Wildman–Crippen MR) is 121 cm³/mol. The van der Waals surface area contributed by atoms with Gasteiger partial charge in [-0.3, -0.25) is 9.59 Å². The van der Waals surface area contributed by atoms with Gasteiger partial charge >= 0.3 is 0 Å². The number of carbonyl (C=O) groups is 2. The van der Waals surface area contributed by atoms with Gasteiger partial charge in [-0.2, -0.15) is 0 Å². The number of carbonyl (C=O) groups excluding carboxylic acids is 2. The van der Waals surface area contributed by atoms with E-state index < -0.39 is 0 Å². The largest absolute Gasteiger partial charge is 0.497 e.